The van der Waals surface area contributed by atoms with Crippen LogP contribution < -0.4 is 24.4 Å². The molecule has 0 saturated carbocycles. The quantitative estimate of drug-likeness (QED) is 0.250. The van der Waals surface area contributed by atoms with Crippen LogP contribution >= 0.6 is 0 Å². The van der Waals surface area contributed by atoms with Gasteiger partial charge in [0.1, 0.15) is 11.5 Å². The van der Waals surface area contributed by atoms with Crippen LogP contribution in [-0.4, -0.2) is 62.5 Å². The Morgan fingerprint density at radius 1 is 0.975 bits per heavy atom. The summed E-state index contributed by atoms with van der Waals surface area (Å²) in [7, 11) is -1.17. The third-order valence-corrected chi connectivity index (χ3v) is 6.87. The highest BCUT2D eigenvalue weighted by molar-refractivity contribution is 7.92. The second-order valence-electron chi connectivity index (χ2n) is 8.51. The van der Waals surface area contributed by atoms with E-state index in [1.54, 1.807) is 19.1 Å². The molecule has 40 heavy (non-hydrogen) atoms. The monoisotopic (exact) mass is 574 g/mol. The van der Waals surface area contributed by atoms with Crippen LogP contribution in [0.2, 0.25) is 0 Å². The lowest BCUT2D eigenvalue weighted by Gasteiger charge is -2.22. The van der Waals surface area contributed by atoms with Crippen LogP contribution in [0.5, 0.6) is 11.5 Å². The topological polar surface area (TPSA) is 143 Å². The van der Waals surface area contributed by atoms with Crippen LogP contribution in [0.25, 0.3) is 0 Å². The van der Waals surface area contributed by atoms with Gasteiger partial charge >= 0.3 is 12.1 Å². The molecule has 1 heterocycles. The van der Waals surface area contributed by atoms with E-state index in [0.717, 1.165) is 24.3 Å². The summed E-state index contributed by atoms with van der Waals surface area (Å²) in [5.74, 6) is -0.999. The predicted octanol–water partition coefficient (Wildman–Crippen LogP) is 4.38. The molecule has 0 fully saturated rings. The van der Waals surface area contributed by atoms with E-state index in [1.165, 1.54) is 31.3 Å². The Morgan fingerprint density at radius 2 is 1.65 bits per heavy atom. The number of benzene rings is 2. The molecule has 0 aliphatic carbocycles. The van der Waals surface area contributed by atoms with Crippen LogP contribution in [0.1, 0.15) is 27.2 Å². The Balaban J connectivity index is 2.12. The van der Waals surface area contributed by atoms with Gasteiger partial charge < -0.3 is 24.6 Å². The highest BCUT2D eigenvalue weighted by Crippen LogP contribution is 2.39. The van der Waals surface area contributed by atoms with E-state index in [2.05, 4.69) is 20.0 Å². The summed E-state index contributed by atoms with van der Waals surface area (Å²) in [6, 6.07) is 8.86. The number of rotatable bonds is 11. The SMILES string of the molecule is CCC(=O)Oc1c(Nc2nc(N(CC)CC)ncc2NS(=O)(=O)c2ccc(F)cc2)cccc1OC(=O)N(C)C. The van der Waals surface area contributed by atoms with E-state index >= 15 is 0 Å². The highest BCUT2D eigenvalue weighted by Gasteiger charge is 2.23. The number of esters is 1. The second kappa shape index (κ2) is 13.1. The normalized spacial score (nSPS) is 10.9. The van der Waals surface area contributed by atoms with E-state index in [-0.39, 0.29) is 40.0 Å². The minimum Gasteiger partial charge on any atom is -0.420 e. The molecule has 12 nitrogen and oxygen atoms in total. The molecule has 0 bridgehead atoms. The van der Waals surface area contributed by atoms with Gasteiger partial charge in [-0.2, -0.15) is 4.98 Å². The number of hydrogen-bond donors (Lipinski definition) is 2. The molecule has 214 valence electrons. The maximum atomic E-state index is 13.4. The molecule has 0 aliphatic heterocycles. The molecular formula is C26H31FN6O6S. The fourth-order valence-electron chi connectivity index (χ4n) is 3.32. The molecule has 0 atom stereocenters. The first-order chi connectivity index (χ1) is 19.0. The number of sulfonamides is 1. The maximum absolute atomic E-state index is 13.4. The van der Waals surface area contributed by atoms with Crippen LogP contribution in [0.3, 0.4) is 0 Å². The molecule has 0 spiro atoms. The molecule has 0 aliphatic rings. The molecular weight excluding hydrogens is 543 g/mol. The molecule has 3 aromatic rings. The van der Waals surface area contributed by atoms with Gasteiger partial charge in [-0.1, -0.05) is 13.0 Å². The number of aromatic nitrogens is 2. The Bertz CT molecular complexity index is 1460. The van der Waals surface area contributed by atoms with Gasteiger partial charge in [0.05, 0.1) is 16.8 Å². The fourth-order valence-corrected chi connectivity index (χ4v) is 4.37. The van der Waals surface area contributed by atoms with E-state index in [1.807, 2.05) is 18.7 Å². The standard InChI is InChI=1S/C26H31FN6O6S/c1-6-22(34)39-23-19(10-9-11-21(23)38-26(35)32(4)5)29-24-20(16-28-25(30-24)33(7-2)8-3)31-40(36,37)18-14-12-17(27)13-15-18/h9-16,31H,6-8H2,1-5H3,(H,28,29,30). The molecule has 2 aromatic carbocycles. The smallest absolute Gasteiger partial charge is 0.414 e. The third-order valence-electron chi connectivity index (χ3n) is 5.49. The highest BCUT2D eigenvalue weighted by atomic mass is 32.2. The summed E-state index contributed by atoms with van der Waals surface area (Å²) in [4.78, 5) is 36.2. The van der Waals surface area contributed by atoms with Gasteiger partial charge in [0, 0.05) is 33.6 Å². The number of para-hydroxylation sites is 1. The first-order valence-electron chi connectivity index (χ1n) is 12.4. The molecule has 1 amide bonds. The zero-order valence-electron chi connectivity index (χ0n) is 22.8. The van der Waals surface area contributed by atoms with Crippen molar-refractivity contribution in [2.24, 2.45) is 0 Å². The van der Waals surface area contributed by atoms with Crippen LogP contribution in [0.4, 0.5) is 32.3 Å². The number of anilines is 4. The lowest BCUT2D eigenvalue weighted by atomic mass is 10.2. The zero-order valence-corrected chi connectivity index (χ0v) is 23.6. The molecule has 14 heteroatoms. The summed E-state index contributed by atoms with van der Waals surface area (Å²) in [5.41, 5.74) is 0.126. The van der Waals surface area contributed by atoms with Crippen molar-refractivity contribution < 1.29 is 31.9 Å². The van der Waals surface area contributed by atoms with Crippen molar-refractivity contribution in [3.63, 3.8) is 0 Å². The average Bonchev–Trinajstić information content (AvgIpc) is 2.92. The number of ether oxygens (including phenoxy) is 2. The van der Waals surface area contributed by atoms with Crippen LogP contribution in [-0.2, 0) is 14.8 Å². The van der Waals surface area contributed by atoms with Gasteiger partial charge in [-0.05, 0) is 50.2 Å². The van der Waals surface area contributed by atoms with Crippen molar-refractivity contribution in [3.8, 4) is 11.5 Å². The lowest BCUT2D eigenvalue weighted by molar-refractivity contribution is -0.134. The number of carbonyl (C=O) groups is 2. The molecule has 0 unspecified atom stereocenters. The third kappa shape index (κ3) is 7.34. The number of halogens is 1. The van der Waals surface area contributed by atoms with Gasteiger partial charge in [-0.25, -0.2) is 22.6 Å². The van der Waals surface area contributed by atoms with Crippen molar-refractivity contribution >= 4 is 45.2 Å². The first-order valence-corrected chi connectivity index (χ1v) is 13.9. The van der Waals surface area contributed by atoms with E-state index in [9.17, 15) is 22.4 Å². The summed E-state index contributed by atoms with van der Waals surface area (Å²) in [6.45, 7) is 6.58. The number of nitrogens with one attached hydrogen (secondary N) is 2. The average molecular weight is 575 g/mol. The fraction of sp³-hybridized carbons (Fsp3) is 0.308. The number of amides is 1. The van der Waals surface area contributed by atoms with E-state index < -0.39 is 27.9 Å². The Morgan fingerprint density at radius 3 is 2.25 bits per heavy atom. The summed E-state index contributed by atoms with van der Waals surface area (Å²) in [6.07, 6.45) is 0.625. The van der Waals surface area contributed by atoms with Gasteiger partial charge in [-0.15, -0.1) is 0 Å². The van der Waals surface area contributed by atoms with Gasteiger partial charge in [0.15, 0.2) is 17.3 Å². The number of carbonyl (C=O) groups excluding carboxylic acids is 2. The molecule has 3 rings (SSSR count). The van der Waals surface area contributed by atoms with Crippen molar-refractivity contribution in [1.82, 2.24) is 14.9 Å². The van der Waals surface area contributed by atoms with Crippen molar-refractivity contribution in [1.29, 1.82) is 0 Å². The second-order valence-corrected chi connectivity index (χ2v) is 10.2. The van der Waals surface area contributed by atoms with Gasteiger partial charge in [0.25, 0.3) is 10.0 Å². The van der Waals surface area contributed by atoms with Crippen molar-refractivity contribution in [3.05, 3.63) is 54.5 Å². The zero-order chi connectivity index (χ0) is 29.4. The van der Waals surface area contributed by atoms with Crippen molar-refractivity contribution in [2.45, 2.75) is 32.1 Å². The Labute approximate surface area is 232 Å². The number of hydrogen-bond acceptors (Lipinski definition) is 10. The Hall–Kier alpha value is -4.46. The maximum Gasteiger partial charge on any atom is 0.414 e. The largest absolute Gasteiger partial charge is 0.420 e. The molecule has 0 radical (unpaired) electrons. The first kappa shape index (κ1) is 30.1. The van der Waals surface area contributed by atoms with Crippen LogP contribution in [0, 0.1) is 5.82 Å². The van der Waals surface area contributed by atoms with Crippen LogP contribution in [0.15, 0.2) is 53.6 Å². The molecule has 1 aromatic heterocycles. The minimum atomic E-state index is -4.17. The predicted molar refractivity (Wildman–Crippen MR) is 148 cm³/mol. The Kier molecular flexibility index (Phi) is 9.82. The van der Waals surface area contributed by atoms with E-state index in [4.69, 9.17) is 9.47 Å². The van der Waals surface area contributed by atoms with Gasteiger partial charge in [-0.3, -0.25) is 9.52 Å². The number of nitrogens with zero attached hydrogens (tertiary/aromatic N) is 4. The van der Waals surface area contributed by atoms with Crippen molar-refractivity contribution in [2.75, 3.05) is 42.1 Å². The lowest BCUT2D eigenvalue weighted by Crippen LogP contribution is -2.26. The van der Waals surface area contributed by atoms with E-state index in [0.29, 0.717) is 19.0 Å². The van der Waals surface area contributed by atoms with Gasteiger partial charge in [0.2, 0.25) is 5.95 Å². The summed E-state index contributed by atoms with van der Waals surface area (Å²) >= 11 is 0. The molecule has 2 N–H and O–H groups in total. The summed E-state index contributed by atoms with van der Waals surface area (Å²) < 4.78 is 52.9. The minimum absolute atomic E-state index is 0.0208. The summed E-state index contributed by atoms with van der Waals surface area (Å²) in [5, 5.41) is 2.99. The molecule has 0 saturated heterocycles.